The van der Waals surface area contributed by atoms with Gasteiger partial charge in [-0.15, -0.1) is 0 Å². The first kappa shape index (κ1) is 17.0. The van der Waals surface area contributed by atoms with Gasteiger partial charge in [-0.2, -0.15) is 0 Å². The SMILES string of the molecule is CC(=O)C1=C(O)[C@H](Cc2c[nH]c3cccc(CC=C(C)C)c23)NC1=O. The second-order valence-electron chi connectivity index (χ2n) is 6.69. The van der Waals surface area contributed by atoms with Crippen LogP contribution in [0.2, 0.25) is 0 Å². The topological polar surface area (TPSA) is 82.2 Å². The third-order valence-electron chi connectivity index (χ3n) is 4.50. The molecule has 5 heteroatoms. The highest BCUT2D eigenvalue weighted by Crippen LogP contribution is 2.27. The maximum absolute atomic E-state index is 11.9. The Kier molecular flexibility index (Phi) is 4.49. The van der Waals surface area contributed by atoms with Crippen LogP contribution in [0.5, 0.6) is 0 Å². The van der Waals surface area contributed by atoms with Gasteiger partial charge in [-0.3, -0.25) is 9.59 Å². The molecule has 1 atom stereocenters. The number of fused-ring (bicyclic) bond motifs is 1. The highest BCUT2D eigenvalue weighted by Gasteiger charge is 2.34. The van der Waals surface area contributed by atoms with Crippen molar-refractivity contribution in [1.82, 2.24) is 10.3 Å². The number of carbonyl (C=O) groups excluding carboxylic acids is 2. The van der Waals surface area contributed by atoms with E-state index in [9.17, 15) is 14.7 Å². The number of aliphatic hydroxyl groups excluding tert-OH is 1. The van der Waals surface area contributed by atoms with Crippen LogP contribution in [0.25, 0.3) is 10.9 Å². The third-order valence-corrected chi connectivity index (χ3v) is 4.50. The average molecular weight is 338 g/mol. The van der Waals surface area contributed by atoms with Crippen LogP contribution < -0.4 is 5.32 Å². The first-order chi connectivity index (χ1) is 11.9. The largest absolute Gasteiger partial charge is 0.509 e. The molecule has 2 heterocycles. The number of hydrogen-bond acceptors (Lipinski definition) is 3. The second kappa shape index (κ2) is 6.59. The Morgan fingerprint density at radius 1 is 1.24 bits per heavy atom. The number of aromatic nitrogens is 1. The summed E-state index contributed by atoms with van der Waals surface area (Å²) < 4.78 is 0. The van der Waals surface area contributed by atoms with E-state index in [-0.39, 0.29) is 11.3 Å². The van der Waals surface area contributed by atoms with Gasteiger partial charge in [-0.05, 0) is 44.4 Å². The summed E-state index contributed by atoms with van der Waals surface area (Å²) in [6, 6.07) is 5.54. The fraction of sp³-hybridized carbons (Fsp3) is 0.300. The van der Waals surface area contributed by atoms with Crippen molar-refractivity contribution in [2.45, 2.75) is 39.7 Å². The van der Waals surface area contributed by atoms with Gasteiger partial charge in [0.15, 0.2) is 5.78 Å². The number of nitrogens with one attached hydrogen (secondary N) is 2. The first-order valence-corrected chi connectivity index (χ1v) is 8.34. The molecule has 0 aliphatic carbocycles. The Bertz CT molecular complexity index is 914. The molecule has 3 rings (SSSR count). The maximum atomic E-state index is 11.9. The molecular formula is C20H22N2O3. The zero-order chi connectivity index (χ0) is 18.1. The van der Waals surface area contributed by atoms with Gasteiger partial charge < -0.3 is 15.4 Å². The van der Waals surface area contributed by atoms with Crippen molar-refractivity contribution in [3.63, 3.8) is 0 Å². The minimum absolute atomic E-state index is 0.130. The third kappa shape index (κ3) is 3.22. The van der Waals surface area contributed by atoms with E-state index in [0.29, 0.717) is 6.42 Å². The number of rotatable bonds is 5. The second-order valence-corrected chi connectivity index (χ2v) is 6.69. The Morgan fingerprint density at radius 2 is 2.00 bits per heavy atom. The van der Waals surface area contributed by atoms with Crippen LogP contribution >= 0.6 is 0 Å². The number of aromatic amines is 1. The Balaban J connectivity index is 1.96. The number of ketones is 1. The molecule has 1 aromatic heterocycles. The molecule has 0 spiro atoms. The monoisotopic (exact) mass is 338 g/mol. The Morgan fingerprint density at radius 3 is 2.64 bits per heavy atom. The van der Waals surface area contributed by atoms with E-state index >= 15 is 0 Å². The van der Waals surface area contributed by atoms with E-state index in [1.54, 1.807) is 0 Å². The molecule has 1 amide bonds. The standard InChI is InChI=1S/C20H22N2O3/c1-11(2)7-8-13-5-4-6-15-18(13)14(10-21-15)9-16-19(24)17(12(3)23)20(25)22-16/h4-7,10,16,21,24H,8-9H2,1-3H3,(H,22,25)/t16-/m0/s1. The highest BCUT2D eigenvalue weighted by molar-refractivity contribution is 6.20. The summed E-state index contributed by atoms with van der Waals surface area (Å²) in [6.45, 7) is 5.42. The molecule has 25 heavy (non-hydrogen) atoms. The summed E-state index contributed by atoms with van der Waals surface area (Å²) in [5.41, 5.74) is 4.34. The molecule has 0 fully saturated rings. The maximum Gasteiger partial charge on any atom is 0.259 e. The van der Waals surface area contributed by atoms with Crippen LogP contribution in [0.3, 0.4) is 0 Å². The van der Waals surface area contributed by atoms with Gasteiger partial charge in [0.25, 0.3) is 5.91 Å². The molecule has 1 aliphatic heterocycles. The van der Waals surface area contributed by atoms with Crippen molar-refractivity contribution in [2.24, 2.45) is 0 Å². The zero-order valence-corrected chi connectivity index (χ0v) is 14.6. The van der Waals surface area contributed by atoms with Gasteiger partial charge in [0.05, 0.1) is 6.04 Å². The van der Waals surface area contributed by atoms with Crippen LogP contribution in [0.4, 0.5) is 0 Å². The number of H-pyrrole nitrogens is 1. The van der Waals surface area contributed by atoms with Crippen molar-refractivity contribution in [3.05, 3.63) is 58.5 Å². The molecule has 0 saturated heterocycles. The number of aliphatic hydroxyl groups is 1. The van der Waals surface area contributed by atoms with Crippen LogP contribution in [-0.4, -0.2) is 27.8 Å². The lowest BCUT2D eigenvalue weighted by molar-refractivity contribution is -0.121. The smallest absolute Gasteiger partial charge is 0.259 e. The van der Waals surface area contributed by atoms with Gasteiger partial charge in [0.2, 0.25) is 0 Å². The predicted molar refractivity (Wildman–Crippen MR) is 97.4 cm³/mol. The molecule has 0 bridgehead atoms. The highest BCUT2D eigenvalue weighted by atomic mass is 16.3. The average Bonchev–Trinajstić information content (AvgIpc) is 3.07. The van der Waals surface area contributed by atoms with Gasteiger partial charge in [-0.25, -0.2) is 0 Å². The van der Waals surface area contributed by atoms with E-state index in [0.717, 1.165) is 22.9 Å². The molecular weight excluding hydrogens is 316 g/mol. The lowest BCUT2D eigenvalue weighted by atomic mass is 9.98. The number of Topliss-reactive ketones (excluding diaryl/α,β-unsaturated/α-hetero) is 1. The van der Waals surface area contributed by atoms with Crippen molar-refractivity contribution >= 4 is 22.6 Å². The van der Waals surface area contributed by atoms with Crippen LogP contribution in [0.1, 0.15) is 31.9 Å². The predicted octanol–water partition coefficient (Wildman–Crippen LogP) is 3.12. The molecule has 2 aromatic rings. The Hall–Kier alpha value is -2.82. The summed E-state index contributed by atoms with van der Waals surface area (Å²) in [5.74, 6) is -1.08. The number of carbonyl (C=O) groups is 2. The zero-order valence-electron chi connectivity index (χ0n) is 14.6. The normalized spacial score (nSPS) is 17.1. The van der Waals surface area contributed by atoms with Gasteiger partial charge in [0, 0.05) is 23.5 Å². The van der Waals surface area contributed by atoms with Crippen LogP contribution in [0.15, 0.2) is 47.4 Å². The molecule has 0 unspecified atom stereocenters. The number of allylic oxidation sites excluding steroid dienone is 2. The molecule has 1 aliphatic rings. The molecule has 3 N–H and O–H groups in total. The van der Waals surface area contributed by atoms with Crippen molar-refractivity contribution in [3.8, 4) is 0 Å². The van der Waals surface area contributed by atoms with Gasteiger partial charge in [-0.1, -0.05) is 23.8 Å². The lowest BCUT2D eigenvalue weighted by Gasteiger charge is -2.11. The minimum Gasteiger partial charge on any atom is -0.509 e. The summed E-state index contributed by atoms with van der Waals surface area (Å²) in [6.07, 6.45) is 5.33. The van der Waals surface area contributed by atoms with E-state index in [1.165, 1.54) is 18.1 Å². The summed E-state index contributed by atoms with van der Waals surface area (Å²) in [5, 5.41) is 14.1. The molecule has 130 valence electrons. The minimum atomic E-state index is -0.568. The van der Waals surface area contributed by atoms with Gasteiger partial charge in [0.1, 0.15) is 11.3 Å². The lowest BCUT2D eigenvalue weighted by Crippen LogP contribution is -2.31. The summed E-state index contributed by atoms with van der Waals surface area (Å²) >= 11 is 0. The summed E-state index contributed by atoms with van der Waals surface area (Å²) in [7, 11) is 0. The van der Waals surface area contributed by atoms with Crippen molar-refractivity contribution < 1.29 is 14.7 Å². The summed E-state index contributed by atoms with van der Waals surface area (Å²) in [4.78, 5) is 26.7. The number of amides is 1. The first-order valence-electron chi connectivity index (χ1n) is 8.34. The quantitative estimate of drug-likeness (QED) is 0.579. The van der Waals surface area contributed by atoms with Crippen LogP contribution in [0, 0.1) is 0 Å². The van der Waals surface area contributed by atoms with Crippen molar-refractivity contribution in [2.75, 3.05) is 0 Å². The van der Waals surface area contributed by atoms with Crippen LogP contribution in [-0.2, 0) is 22.4 Å². The fourth-order valence-electron chi connectivity index (χ4n) is 3.28. The number of benzene rings is 1. The molecule has 0 radical (unpaired) electrons. The number of hydrogen-bond donors (Lipinski definition) is 3. The van der Waals surface area contributed by atoms with E-state index in [1.807, 2.05) is 18.3 Å². The molecule has 5 nitrogen and oxygen atoms in total. The fourth-order valence-corrected chi connectivity index (χ4v) is 3.28. The molecule has 0 saturated carbocycles. The Labute approximate surface area is 146 Å². The van der Waals surface area contributed by atoms with Crippen molar-refractivity contribution in [1.29, 1.82) is 0 Å². The van der Waals surface area contributed by atoms with E-state index < -0.39 is 17.7 Å². The van der Waals surface area contributed by atoms with E-state index in [2.05, 4.69) is 36.3 Å². The van der Waals surface area contributed by atoms with Gasteiger partial charge >= 0.3 is 0 Å². The van der Waals surface area contributed by atoms with E-state index in [4.69, 9.17) is 0 Å². The molecule has 1 aromatic carbocycles.